The normalized spacial score (nSPS) is 25.8. The van der Waals surface area contributed by atoms with Crippen molar-refractivity contribution < 1.29 is 4.79 Å². The second-order valence-corrected chi connectivity index (χ2v) is 5.60. The van der Waals surface area contributed by atoms with Crippen molar-refractivity contribution in [1.29, 1.82) is 0 Å². The highest BCUT2D eigenvalue weighted by molar-refractivity contribution is 9.10. The lowest BCUT2D eigenvalue weighted by Gasteiger charge is -2.34. The van der Waals surface area contributed by atoms with E-state index in [4.69, 9.17) is 0 Å². The highest BCUT2D eigenvalue weighted by atomic mass is 79.9. The van der Waals surface area contributed by atoms with E-state index < -0.39 is 0 Å². The molecule has 0 spiro atoms. The number of likely N-dealkylation sites (tertiary alicyclic amines) is 1. The number of aromatic nitrogens is 2. The van der Waals surface area contributed by atoms with Gasteiger partial charge in [-0.1, -0.05) is 13.8 Å². The van der Waals surface area contributed by atoms with E-state index in [2.05, 4.69) is 40.0 Å². The lowest BCUT2D eigenvalue weighted by Crippen LogP contribution is -2.42. The molecular weight excluding hydrogens is 270 g/mol. The molecule has 1 fully saturated rings. The van der Waals surface area contributed by atoms with Gasteiger partial charge in [-0.2, -0.15) is 5.10 Å². The molecule has 1 aromatic heterocycles. The van der Waals surface area contributed by atoms with E-state index in [1.165, 1.54) is 6.42 Å². The monoisotopic (exact) mass is 285 g/mol. The number of piperidine rings is 1. The van der Waals surface area contributed by atoms with Gasteiger partial charge in [-0.3, -0.25) is 9.89 Å². The molecular formula is C11H16BrN3O. The van der Waals surface area contributed by atoms with Crippen LogP contribution in [-0.2, 0) is 0 Å². The van der Waals surface area contributed by atoms with E-state index in [1.54, 1.807) is 6.20 Å². The van der Waals surface area contributed by atoms with Crippen LogP contribution in [0.3, 0.4) is 0 Å². The molecule has 2 heterocycles. The maximum atomic E-state index is 12.2. The molecule has 0 radical (unpaired) electrons. The summed E-state index contributed by atoms with van der Waals surface area (Å²) in [6, 6.07) is 0. The Balaban J connectivity index is 2.13. The zero-order chi connectivity index (χ0) is 11.7. The third-order valence-corrected chi connectivity index (χ3v) is 3.56. The molecule has 2 rings (SSSR count). The van der Waals surface area contributed by atoms with E-state index in [0.29, 0.717) is 17.5 Å². The zero-order valence-electron chi connectivity index (χ0n) is 9.53. The molecule has 1 aliphatic rings. The summed E-state index contributed by atoms with van der Waals surface area (Å²) in [5.41, 5.74) is 0.557. The molecule has 2 unspecified atom stereocenters. The minimum atomic E-state index is 0.0442. The maximum absolute atomic E-state index is 12.2. The van der Waals surface area contributed by atoms with Gasteiger partial charge in [-0.25, -0.2) is 0 Å². The van der Waals surface area contributed by atoms with Crippen LogP contribution in [0.2, 0.25) is 0 Å². The van der Waals surface area contributed by atoms with E-state index in [-0.39, 0.29) is 5.91 Å². The van der Waals surface area contributed by atoms with Crippen molar-refractivity contribution in [3.63, 3.8) is 0 Å². The Labute approximate surface area is 104 Å². The first-order valence-electron chi connectivity index (χ1n) is 5.56. The molecule has 1 aromatic rings. The lowest BCUT2D eigenvalue weighted by atomic mass is 9.92. The number of hydrogen-bond donors (Lipinski definition) is 1. The Morgan fingerprint density at radius 2 is 2.12 bits per heavy atom. The first kappa shape index (κ1) is 11.6. The third kappa shape index (κ3) is 2.29. The zero-order valence-corrected chi connectivity index (χ0v) is 11.1. The Morgan fingerprint density at radius 1 is 1.50 bits per heavy atom. The second-order valence-electron chi connectivity index (χ2n) is 4.75. The van der Waals surface area contributed by atoms with Crippen molar-refractivity contribution in [2.45, 2.75) is 20.3 Å². The second kappa shape index (κ2) is 4.57. The van der Waals surface area contributed by atoms with Gasteiger partial charge in [0.25, 0.3) is 5.91 Å². The van der Waals surface area contributed by atoms with E-state index in [0.717, 1.165) is 17.6 Å². The van der Waals surface area contributed by atoms with Crippen LogP contribution in [0.15, 0.2) is 10.7 Å². The molecule has 0 bridgehead atoms. The number of amides is 1. The number of aromatic amines is 1. The summed E-state index contributed by atoms with van der Waals surface area (Å²) in [4.78, 5) is 14.1. The molecule has 88 valence electrons. The van der Waals surface area contributed by atoms with Crippen molar-refractivity contribution in [2.75, 3.05) is 13.1 Å². The summed E-state index contributed by atoms with van der Waals surface area (Å²) in [6.45, 7) is 6.07. The van der Waals surface area contributed by atoms with Gasteiger partial charge < -0.3 is 4.90 Å². The molecule has 1 saturated heterocycles. The molecule has 16 heavy (non-hydrogen) atoms. The smallest absolute Gasteiger partial charge is 0.273 e. The van der Waals surface area contributed by atoms with Crippen LogP contribution in [0.4, 0.5) is 0 Å². The number of halogens is 1. The van der Waals surface area contributed by atoms with E-state index in [9.17, 15) is 4.79 Å². The summed E-state index contributed by atoms with van der Waals surface area (Å²) < 4.78 is 0.739. The number of hydrogen-bond acceptors (Lipinski definition) is 2. The van der Waals surface area contributed by atoms with Gasteiger partial charge >= 0.3 is 0 Å². The molecule has 1 amide bonds. The third-order valence-electron chi connectivity index (χ3n) is 2.96. The standard InChI is InChI=1S/C11H16BrN3O/c1-7-3-8(2)6-15(5-7)11(16)10-9(12)4-13-14-10/h4,7-8H,3,5-6H2,1-2H3,(H,13,14). The molecule has 5 heteroatoms. The SMILES string of the molecule is CC1CC(C)CN(C(=O)c2[nH]ncc2Br)C1. The summed E-state index contributed by atoms with van der Waals surface area (Å²) >= 11 is 3.32. The number of H-pyrrole nitrogens is 1. The van der Waals surface area contributed by atoms with Crippen molar-refractivity contribution in [3.05, 3.63) is 16.4 Å². The molecule has 1 N–H and O–H groups in total. The van der Waals surface area contributed by atoms with Crippen molar-refractivity contribution >= 4 is 21.8 Å². The number of rotatable bonds is 1. The van der Waals surface area contributed by atoms with Gasteiger partial charge in [0.05, 0.1) is 10.7 Å². The number of carbonyl (C=O) groups is 1. The van der Waals surface area contributed by atoms with Crippen molar-refractivity contribution in [3.8, 4) is 0 Å². The summed E-state index contributed by atoms with van der Waals surface area (Å²) in [6.07, 6.45) is 2.82. The van der Waals surface area contributed by atoms with Crippen molar-refractivity contribution in [1.82, 2.24) is 15.1 Å². The molecule has 0 aromatic carbocycles. The fourth-order valence-corrected chi connectivity index (χ4v) is 2.77. The Hall–Kier alpha value is -0.840. The average molecular weight is 286 g/mol. The minimum absolute atomic E-state index is 0.0442. The molecule has 0 aliphatic carbocycles. The van der Waals surface area contributed by atoms with Crippen LogP contribution in [0.5, 0.6) is 0 Å². The number of carbonyl (C=O) groups excluding carboxylic acids is 1. The van der Waals surface area contributed by atoms with Gasteiger partial charge in [-0.15, -0.1) is 0 Å². The largest absolute Gasteiger partial charge is 0.337 e. The lowest BCUT2D eigenvalue weighted by molar-refractivity contribution is 0.0616. The van der Waals surface area contributed by atoms with Crippen molar-refractivity contribution in [2.24, 2.45) is 11.8 Å². The van der Waals surface area contributed by atoms with E-state index in [1.807, 2.05) is 4.90 Å². The topological polar surface area (TPSA) is 49.0 Å². The maximum Gasteiger partial charge on any atom is 0.273 e. The Morgan fingerprint density at radius 3 is 2.62 bits per heavy atom. The highest BCUT2D eigenvalue weighted by Crippen LogP contribution is 2.23. The predicted octanol–water partition coefficient (Wildman–Crippen LogP) is 2.29. The first-order valence-corrected chi connectivity index (χ1v) is 6.35. The van der Waals surface area contributed by atoms with E-state index >= 15 is 0 Å². The first-order chi connectivity index (χ1) is 7.58. The van der Waals surface area contributed by atoms with Gasteiger partial charge in [0.15, 0.2) is 0 Å². The van der Waals surface area contributed by atoms with Gasteiger partial charge in [-0.05, 0) is 34.2 Å². The molecule has 0 saturated carbocycles. The van der Waals surface area contributed by atoms with Crippen LogP contribution in [0.25, 0.3) is 0 Å². The molecule has 2 atom stereocenters. The Kier molecular flexibility index (Phi) is 3.33. The summed E-state index contributed by atoms with van der Waals surface area (Å²) in [5.74, 6) is 1.20. The summed E-state index contributed by atoms with van der Waals surface area (Å²) in [7, 11) is 0. The average Bonchev–Trinajstić information content (AvgIpc) is 2.62. The quantitative estimate of drug-likeness (QED) is 0.861. The molecule has 4 nitrogen and oxygen atoms in total. The van der Waals surface area contributed by atoms with Gasteiger partial charge in [0.2, 0.25) is 0 Å². The highest BCUT2D eigenvalue weighted by Gasteiger charge is 2.27. The Bertz CT molecular complexity index is 380. The van der Waals surface area contributed by atoms with Crippen LogP contribution in [-0.4, -0.2) is 34.1 Å². The fraction of sp³-hybridized carbons (Fsp3) is 0.636. The van der Waals surface area contributed by atoms with Crippen LogP contribution < -0.4 is 0 Å². The number of nitrogens with zero attached hydrogens (tertiary/aromatic N) is 2. The fourth-order valence-electron chi connectivity index (χ4n) is 2.41. The summed E-state index contributed by atoms with van der Waals surface area (Å²) in [5, 5.41) is 6.60. The minimum Gasteiger partial charge on any atom is -0.337 e. The van der Waals surface area contributed by atoms with Gasteiger partial charge in [0.1, 0.15) is 5.69 Å². The van der Waals surface area contributed by atoms with Gasteiger partial charge in [0, 0.05) is 13.1 Å². The van der Waals surface area contributed by atoms with Crippen LogP contribution in [0.1, 0.15) is 30.8 Å². The van der Waals surface area contributed by atoms with Crippen LogP contribution in [0, 0.1) is 11.8 Å². The number of nitrogens with one attached hydrogen (secondary N) is 1. The van der Waals surface area contributed by atoms with Crippen LogP contribution >= 0.6 is 15.9 Å². The molecule has 1 aliphatic heterocycles. The predicted molar refractivity (Wildman–Crippen MR) is 65.1 cm³/mol.